The predicted octanol–water partition coefficient (Wildman–Crippen LogP) is 3.60. The minimum atomic E-state index is -0.0797. The largest absolute Gasteiger partial charge is 0.282 e. The van der Waals surface area contributed by atoms with Gasteiger partial charge in [0, 0.05) is 60.8 Å². The highest BCUT2D eigenvalue weighted by molar-refractivity contribution is 14.1. The lowest BCUT2D eigenvalue weighted by molar-refractivity contribution is 0.110. The van der Waals surface area contributed by atoms with Crippen molar-refractivity contribution in [3.8, 4) is 0 Å². The number of halogens is 3. The SMILES string of the molecule is O=C(I)c1ccc(Br)c(C(=O)I)c1. The first kappa shape index (κ1) is 11.6. The Hall–Kier alpha value is 0.500. The van der Waals surface area contributed by atoms with Gasteiger partial charge in [-0.1, -0.05) is 15.9 Å². The first-order valence-electron chi connectivity index (χ1n) is 3.21. The van der Waals surface area contributed by atoms with Gasteiger partial charge in [0.25, 0.3) is 0 Å². The average Bonchev–Trinajstić information content (AvgIpc) is 2.04. The highest BCUT2D eigenvalue weighted by Crippen LogP contribution is 2.22. The van der Waals surface area contributed by atoms with Crippen molar-refractivity contribution >= 4 is 68.7 Å². The van der Waals surface area contributed by atoms with Crippen LogP contribution in [0, 0.1) is 0 Å². The minimum Gasteiger partial charge on any atom is -0.282 e. The van der Waals surface area contributed by atoms with Crippen molar-refractivity contribution in [2.24, 2.45) is 0 Å². The van der Waals surface area contributed by atoms with Gasteiger partial charge in [0.15, 0.2) is 0 Å². The lowest BCUT2D eigenvalue weighted by atomic mass is 10.1. The van der Waals surface area contributed by atoms with Gasteiger partial charge in [-0.2, -0.15) is 0 Å². The molecule has 0 aliphatic carbocycles. The fraction of sp³-hybridized carbons (Fsp3) is 0. The third-order valence-electron chi connectivity index (χ3n) is 1.41. The third-order valence-corrected chi connectivity index (χ3v) is 3.30. The molecule has 5 heteroatoms. The predicted molar refractivity (Wildman–Crippen MR) is 70.8 cm³/mol. The molecule has 13 heavy (non-hydrogen) atoms. The van der Waals surface area contributed by atoms with Crippen LogP contribution in [0.15, 0.2) is 22.7 Å². The summed E-state index contributed by atoms with van der Waals surface area (Å²) < 4.78 is 0.571. The highest BCUT2D eigenvalue weighted by Gasteiger charge is 2.09. The second-order valence-corrected chi connectivity index (χ2v) is 5.06. The smallest absolute Gasteiger partial charge is 0.223 e. The van der Waals surface area contributed by atoms with E-state index in [1.807, 2.05) is 0 Å². The molecule has 0 unspecified atom stereocenters. The van der Waals surface area contributed by atoms with Gasteiger partial charge in [0.05, 0.1) is 0 Å². The van der Waals surface area contributed by atoms with E-state index in [0.717, 1.165) is 0 Å². The van der Waals surface area contributed by atoms with Crippen molar-refractivity contribution in [3.05, 3.63) is 33.8 Å². The van der Waals surface area contributed by atoms with E-state index in [0.29, 0.717) is 15.6 Å². The van der Waals surface area contributed by atoms with Gasteiger partial charge in [0.1, 0.15) is 0 Å². The van der Waals surface area contributed by atoms with Gasteiger partial charge < -0.3 is 0 Å². The van der Waals surface area contributed by atoms with Crippen LogP contribution in [0.25, 0.3) is 0 Å². The van der Waals surface area contributed by atoms with E-state index in [2.05, 4.69) is 15.9 Å². The quantitative estimate of drug-likeness (QED) is 0.495. The van der Waals surface area contributed by atoms with Gasteiger partial charge in [-0.25, -0.2) is 0 Å². The molecule has 0 heterocycles. The normalized spacial score (nSPS) is 9.77. The first-order chi connectivity index (χ1) is 6.02. The molecule has 68 valence electrons. The van der Waals surface area contributed by atoms with Crippen LogP contribution in [0.2, 0.25) is 0 Å². The molecule has 0 aliphatic heterocycles. The molecule has 0 amide bonds. The Labute approximate surface area is 111 Å². The monoisotopic (exact) mass is 464 g/mol. The molecular formula is C8H3BrI2O2. The van der Waals surface area contributed by atoms with E-state index < -0.39 is 0 Å². The summed E-state index contributed by atoms with van der Waals surface area (Å²) in [7, 11) is 0. The van der Waals surface area contributed by atoms with Crippen molar-refractivity contribution < 1.29 is 9.59 Å². The Balaban J connectivity index is 3.27. The molecule has 0 saturated carbocycles. The molecule has 0 fully saturated rings. The molecule has 0 N–H and O–H groups in total. The van der Waals surface area contributed by atoms with E-state index in [1.54, 1.807) is 63.4 Å². The number of benzene rings is 1. The second-order valence-electron chi connectivity index (χ2n) is 2.24. The summed E-state index contributed by atoms with van der Waals surface area (Å²) in [5.74, 6) is 0. The molecule has 1 aromatic carbocycles. The zero-order valence-electron chi connectivity index (χ0n) is 6.18. The summed E-state index contributed by atoms with van der Waals surface area (Å²) in [6, 6.07) is 4.98. The molecule has 0 radical (unpaired) electrons. The van der Waals surface area contributed by atoms with Crippen molar-refractivity contribution in [2.45, 2.75) is 0 Å². The molecule has 0 bridgehead atoms. The maximum Gasteiger partial charge on any atom is 0.223 e. The molecular weight excluding hydrogens is 462 g/mol. The van der Waals surface area contributed by atoms with E-state index in [9.17, 15) is 9.59 Å². The summed E-state index contributed by atoms with van der Waals surface area (Å²) in [5.41, 5.74) is 1.08. The van der Waals surface area contributed by atoms with Crippen LogP contribution in [0.4, 0.5) is 0 Å². The Morgan fingerprint density at radius 1 is 1.15 bits per heavy atom. The molecule has 1 aromatic rings. The van der Waals surface area contributed by atoms with Gasteiger partial charge in [-0.05, 0) is 18.2 Å². The number of hydrogen-bond donors (Lipinski definition) is 0. The Morgan fingerprint density at radius 2 is 1.77 bits per heavy atom. The number of carbonyl (C=O) groups excluding carboxylic acids is 2. The first-order valence-corrected chi connectivity index (χ1v) is 6.16. The lowest BCUT2D eigenvalue weighted by Gasteiger charge is -2.00. The molecule has 0 aromatic heterocycles. The van der Waals surface area contributed by atoms with Crippen molar-refractivity contribution in [1.29, 1.82) is 0 Å². The summed E-state index contributed by atoms with van der Waals surface area (Å²) in [6.07, 6.45) is 0. The Morgan fingerprint density at radius 3 is 2.23 bits per heavy atom. The Kier molecular flexibility index (Phi) is 4.30. The van der Waals surface area contributed by atoms with Crippen LogP contribution in [-0.4, -0.2) is 7.58 Å². The molecule has 0 saturated heterocycles. The van der Waals surface area contributed by atoms with Crippen molar-refractivity contribution in [3.63, 3.8) is 0 Å². The maximum absolute atomic E-state index is 11.1. The van der Waals surface area contributed by atoms with Gasteiger partial charge in [0.2, 0.25) is 7.58 Å². The van der Waals surface area contributed by atoms with Gasteiger partial charge in [-0.15, -0.1) is 0 Å². The molecule has 0 spiro atoms. The van der Waals surface area contributed by atoms with Crippen molar-refractivity contribution in [1.82, 2.24) is 0 Å². The lowest BCUT2D eigenvalue weighted by Crippen LogP contribution is -1.94. The number of carbonyl (C=O) groups is 2. The molecule has 0 aliphatic rings. The topological polar surface area (TPSA) is 34.1 Å². The standard InChI is InChI=1S/C8H3BrI2O2/c9-6-2-1-4(7(10)12)3-5(6)8(11)13/h1-3H. The summed E-state index contributed by atoms with van der Waals surface area (Å²) >= 11 is 6.62. The molecule has 0 atom stereocenters. The number of hydrogen-bond acceptors (Lipinski definition) is 2. The molecule has 2 nitrogen and oxygen atoms in total. The van der Waals surface area contributed by atoms with E-state index >= 15 is 0 Å². The van der Waals surface area contributed by atoms with Gasteiger partial charge in [-0.3, -0.25) is 9.59 Å². The molecule has 1 rings (SSSR count). The fourth-order valence-electron chi connectivity index (χ4n) is 0.798. The summed E-state index contributed by atoms with van der Waals surface area (Å²) in [6.45, 7) is 0. The van der Waals surface area contributed by atoms with Crippen LogP contribution >= 0.6 is 61.1 Å². The highest BCUT2D eigenvalue weighted by atomic mass is 127. The van der Waals surface area contributed by atoms with Crippen LogP contribution in [0.3, 0.4) is 0 Å². The Bertz CT molecular complexity index is 376. The van der Waals surface area contributed by atoms with E-state index in [4.69, 9.17) is 0 Å². The summed E-state index contributed by atoms with van der Waals surface area (Å²) in [4.78, 5) is 22.1. The van der Waals surface area contributed by atoms with Gasteiger partial charge >= 0.3 is 0 Å². The second kappa shape index (κ2) is 4.83. The van der Waals surface area contributed by atoms with Crippen LogP contribution in [-0.2, 0) is 0 Å². The van der Waals surface area contributed by atoms with E-state index in [1.165, 1.54) is 0 Å². The zero-order valence-corrected chi connectivity index (χ0v) is 12.1. The summed E-state index contributed by atoms with van der Waals surface area (Å²) in [5, 5.41) is 0. The third kappa shape index (κ3) is 2.98. The van der Waals surface area contributed by atoms with Crippen LogP contribution < -0.4 is 0 Å². The van der Waals surface area contributed by atoms with Crippen LogP contribution in [0.5, 0.6) is 0 Å². The fourth-order valence-corrected chi connectivity index (χ4v) is 2.38. The zero-order chi connectivity index (χ0) is 10.0. The average molecular weight is 465 g/mol. The van der Waals surface area contributed by atoms with Crippen molar-refractivity contribution in [2.75, 3.05) is 0 Å². The van der Waals surface area contributed by atoms with Crippen LogP contribution in [0.1, 0.15) is 20.7 Å². The van der Waals surface area contributed by atoms with E-state index in [-0.39, 0.29) is 7.58 Å². The minimum absolute atomic E-state index is 0.0657. The maximum atomic E-state index is 11.1. The number of rotatable bonds is 2.